The normalized spacial score (nSPS) is 14.6. The van der Waals surface area contributed by atoms with E-state index in [0.29, 0.717) is 30.9 Å². The third kappa shape index (κ3) is 2.90. The molecule has 0 fully saturated rings. The summed E-state index contributed by atoms with van der Waals surface area (Å²) in [6.07, 6.45) is -2.88. The molecule has 0 unspecified atom stereocenters. The lowest BCUT2D eigenvalue weighted by atomic mass is 10.0. The summed E-state index contributed by atoms with van der Waals surface area (Å²) >= 11 is 0. The second kappa shape index (κ2) is 5.68. The molecule has 128 valence electrons. The number of aryl methyl sites for hydroxylation is 1. The number of para-hydroxylation sites is 1. The lowest BCUT2D eigenvalue weighted by Crippen LogP contribution is -2.32. The molecule has 4 rings (SSSR count). The van der Waals surface area contributed by atoms with E-state index in [1.54, 1.807) is 0 Å². The van der Waals surface area contributed by atoms with E-state index in [4.69, 9.17) is 0 Å². The maximum atomic E-state index is 13.0. The van der Waals surface area contributed by atoms with Gasteiger partial charge in [-0.25, -0.2) is 9.97 Å². The average Bonchev–Trinajstić information content (AvgIpc) is 2.59. The van der Waals surface area contributed by atoms with Crippen LogP contribution in [0.4, 0.5) is 19.0 Å². The number of halogens is 3. The summed E-state index contributed by atoms with van der Waals surface area (Å²) in [7, 11) is 0. The Bertz CT molecular complexity index is 953. The van der Waals surface area contributed by atoms with Gasteiger partial charge in [0.05, 0.1) is 11.1 Å². The first-order valence-electron chi connectivity index (χ1n) is 7.95. The maximum Gasteiger partial charge on any atom is 0.417 e. The predicted molar refractivity (Wildman–Crippen MR) is 88.3 cm³/mol. The molecule has 0 N–H and O–H groups in total. The van der Waals surface area contributed by atoms with Gasteiger partial charge in [0.1, 0.15) is 11.6 Å². The van der Waals surface area contributed by atoms with E-state index in [0.717, 1.165) is 28.6 Å². The summed E-state index contributed by atoms with van der Waals surface area (Å²) in [6, 6.07) is 8.86. The smallest absolute Gasteiger partial charge is 0.351 e. The van der Waals surface area contributed by atoms with Crippen LogP contribution < -0.4 is 4.90 Å². The SMILES string of the molecule is Cc1nc(N2CCc3ncc(C(F)(F)F)cc3C2)c2ccccc2n1. The Morgan fingerprint density at radius 2 is 1.92 bits per heavy atom. The Hall–Kier alpha value is -2.70. The molecule has 2 aromatic heterocycles. The molecule has 0 spiro atoms. The first kappa shape index (κ1) is 15.8. The molecule has 0 saturated heterocycles. The second-order valence-electron chi connectivity index (χ2n) is 6.11. The van der Waals surface area contributed by atoms with Gasteiger partial charge in [0.15, 0.2) is 0 Å². The Morgan fingerprint density at radius 1 is 1.12 bits per heavy atom. The lowest BCUT2D eigenvalue weighted by molar-refractivity contribution is -0.137. The summed E-state index contributed by atoms with van der Waals surface area (Å²) < 4.78 is 38.9. The minimum absolute atomic E-state index is 0.354. The van der Waals surface area contributed by atoms with Gasteiger partial charge in [0.2, 0.25) is 0 Å². The zero-order valence-corrected chi connectivity index (χ0v) is 13.5. The molecule has 1 aliphatic rings. The van der Waals surface area contributed by atoms with E-state index in [-0.39, 0.29) is 0 Å². The molecular formula is C18H15F3N4. The number of hydrogen-bond donors (Lipinski definition) is 0. The quantitative estimate of drug-likeness (QED) is 0.671. The van der Waals surface area contributed by atoms with E-state index in [9.17, 15) is 13.2 Å². The fourth-order valence-corrected chi connectivity index (χ4v) is 3.18. The number of fused-ring (bicyclic) bond motifs is 2. The number of rotatable bonds is 1. The summed E-state index contributed by atoms with van der Waals surface area (Å²) in [5.41, 5.74) is 1.44. The summed E-state index contributed by atoms with van der Waals surface area (Å²) in [5, 5.41) is 0.900. The van der Waals surface area contributed by atoms with Crippen LogP contribution in [-0.2, 0) is 19.1 Å². The number of pyridine rings is 1. The van der Waals surface area contributed by atoms with Crippen molar-refractivity contribution in [1.82, 2.24) is 15.0 Å². The maximum absolute atomic E-state index is 13.0. The molecule has 4 nitrogen and oxygen atoms in total. The number of aromatic nitrogens is 3. The van der Waals surface area contributed by atoms with Crippen LogP contribution in [-0.4, -0.2) is 21.5 Å². The summed E-state index contributed by atoms with van der Waals surface area (Å²) in [5.74, 6) is 1.40. The van der Waals surface area contributed by atoms with Crippen molar-refractivity contribution in [3.05, 3.63) is 59.2 Å². The minimum Gasteiger partial charge on any atom is -0.351 e. The predicted octanol–water partition coefficient (Wildman–Crippen LogP) is 3.91. The zero-order chi connectivity index (χ0) is 17.6. The summed E-state index contributed by atoms with van der Waals surface area (Å²) in [4.78, 5) is 15.0. The molecule has 0 atom stereocenters. The molecule has 0 amide bonds. The van der Waals surface area contributed by atoms with Crippen LogP contribution >= 0.6 is 0 Å². The highest BCUT2D eigenvalue weighted by molar-refractivity contribution is 5.89. The van der Waals surface area contributed by atoms with Gasteiger partial charge in [-0.3, -0.25) is 4.98 Å². The largest absolute Gasteiger partial charge is 0.417 e. The standard InChI is InChI=1S/C18H15F3N4/c1-11-23-16-5-3-2-4-14(16)17(24-11)25-7-6-15-12(10-25)8-13(9-22-15)18(19,20)21/h2-5,8-9H,6-7,10H2,1H3. The van der Waals surface area contributed by atoms with Crippen LogP contribution in [0.2, 0.25) is 0 Å². The van der Waals surface area contributed by atoms with Gasteiger partial charge in [-0.15, -0.1) is 0 Å². The summed E-state index contributed by atoms with van der Waals surface area (Å²) in [6.45, 7) is 2.83. The average molecular weight is 344 g/mol. The van der Waals surface area contributed by atoms with E-state index in [1.807, 2.05) is 36.1 Å². The molecule has 0 saturated carbocycles. The zero-order valence-electron chi connectivity index (χ0n) is 13.5. The van der Waals surface area contributed by atoms with Crippen molar-refractivity contribution < 1.29 is 13.2 Å². The molecule has 3 aromatic rings. The van der Waals surface area contributed by atoms with E-state index < -0.39 is 11.7 Å². The van der Waals surface area contributed by atoms with Crippen LogP contribution in [0.25, 0.3) is 10.9 Å². The highest BCUT2D eigenvalue weighted by atomic mass is 19.4. The molecule has 0 bridgehead atoms. The van der Waals surface area contributed by atoms with Gasteiger partial charge < -0.3 is 4.90 Å². The monoisotopic (exact) mass is 344 g/mol. The van der Waals surface area contributed by atoms with Crippen LogP contribution in [0.3, 0.4) is 0 Å². The number of alkyl halides is 3. The van der Waals surface area contributed by atoms with Gasteiger partial charge in [0, 0.05) is 36.8 Å². The molecule has 1 aromatic carbocycles. The second-order valence-corrected chi connectivity index (χ2v) is 6.11. The number of benzene rings is 1. The van der Waals surface area contributed by atoms with Crippen molar-refractivity contribution in [3.63, 3.8) is 0 Å². The van der Waals surface area contributed by atoms with Gasteiger partial charge in [0.25, 0.3) is 0 Å². The van der Waals surface area contributed by atoms with Crippen molar-refractivity contribution in [2.75, 3.05) is 11.4 Å². The van der Waals surface area contributed by atoms with Crippen molar-refractivity contribution in [1.29, 1.82) is 0 Å². The highest BCUT2D eigenvalue weighted by Crippen LogP contribution is 2.33. The van der Waals surface area contributed by atoms with Crippen molar-refractivity contribution in [3.8, 4) is 0 Å². The van der Waals surface area contributed by atoms with Crippen LogP contribution in [0.1, 0.15) is 22.6 Å². The van der Waals surface area contributed by atoms with Crippen LogP contribution in [0, 0.1) is 6.92 Å². The van der Waals surface area contributed by atoms with E-state index in [2.05, 4.69) is 15.0 Å². The van der Waals surface area contributed by atoms with Gasteiger partial charge in [-0.2, -0.15) is 13.2 Å². The number of hydrogen-bond acceptors (Lipinski definition) is 4. The Kier molecular flexibility index (Phi) is 3.59. The molecule has 25 heavy (non-hydrogen) atoms. The van der Waals surface area contributed by atoms with Gasteiger partial charge in [-0.05, 0) is 30.7 Å². The Balaban J connectivity index is 1.76. The molecular weight excluding hydrogens is 329 g/mol. The first-order chi connectivity index (χ1) is 11.9. The molecule has 3 heterocycles. The molecule has 0 radical (unpaired) electrons. The van der Waals surface area contributed by atoms with Gasteiger partial charge >= 0.3 is 6.18 Å². The molecule has 0 aliphatic carbocycles. The van der Waals surface area contributed by atoms with Crippen molar-refractivity contribution >= 4 is 16.7 Å². The highest BCUT2D eigenvalue weighted by Gasteiger charge is 2.32. The fourth-order valence-electron chi connectivity index (χ4n) is 3.18. The molecule has 1 aliphatic heterocycles. The van der Waals surface area contributed by atoms with E-state index >= 15 is 0 Å². The van der Waals surface area contributed by atoms with Crippen LogP contribution in [0.5, 0.6) is 0 Å². The topological polar surface area (TPSA) is 41.9 Å². The first-order valence-corrected chi connectivity index (χ1v) is 7.95. The van der Waals surface area contributed by atoms with Crippen LogP contribution in [0.15, 0.2) is 36.5 Å². The third-order valence-electron chi connectivity index (χ3n) is 4.36. The lowest BCUT2D eigenvalue weighted by Gasteiger charge is -2.30. The van der Waals surface area contributed by atoms with Crippen molar-refractivity contribution in [2.24, 2.45) is 0 Å². The Labute approximate surface area is 142 Å². The number of anilines is 1. The third-order valence-corrected chi connectivity index (χ3v) is 4.36. The fraction of sp³-hybridized carbons (Fsp3) is 0.278. The minimum atomic E-state index is -4.39. The van der Waals surface area contributed by atoms with Gasteiger partial charge in [-0.1, -0.05) is 12.1 Å². The number of nitrogens with zero attached hydrogens (tertiary/aromatic N) is 4. The van der Waals surface area contributed by atoms with Crippen molar-refractivity contribution in [2.45, 2.75) is 26.1 Å². The molecule has 7 heteroatoms. The Morgan fingerprint density at radius 3 is 2.72 bits per heavy atom. The van der Waals surface area contributed by atoms with E-state index in [1.165, 1.54) is 6.07 Å².